The van der Waals surface area contributed by atoms with Crippen LogP contribution in [0.15, 0.2) is 23.1 Å². The van der Waals surface area contributed by atoms with Crippen molar-refractivity contribution in [3.8, 4) is 5.75 Å². The average molecular weight is 396 g/mol. The Hall–Kier alpha value is -1.64. The first-order chi connectivity index (χ1) is 12.8. The number of nitrogens with zero attached hydrogens (tertiary/aromatic N) is 3. The number of rotatable bonds is 4. The summed E-state index contributed by atoms with van der Waals surface area (Å²) in [6, 6.07) is 4.67. The lowest BCUT2D eigenvalue weighted by molar-refractivity contribution is 0.0664. The van der Waals surface area contributed by atoms with Crippen molar-refractivity contribution in [3.05, 3.63) is 23.8 Å². The summed E-state index contributed by atoms with van der Waals surface area (Å²) in [4.78, 5) is 16.9. The van der Waals surface area contributed by atoms with Crippen LogP contribution in [0, 0.1) is 0 Å². The van der Waals surface area contributed by atoms with Gasteiger partial charge >= 0.3 is 0 Å². The lowest BCUT2D eigenvalue weighted by Gasteiger charge is -2.33. The lowest BCUT2D eigenvalue weighted by atomic mass is 10.1. The molecule has 3 rings (SSSR count). The van der Waals surface area contributed by atoms with Crippen LogP contribution >= 0.6 is 0 Å². The number of carbonyl (C=O) groups is 1. The number of ether oxygens (including phenoxy) is 1. The summed E-state index contributed by atoms with van der Waals surface area (Å²) < 4.78 is 33.4. The molecule has 2 aliphatic rings. The molecule has 0 radical (unpaired) electrons. The quantitative estimate of drug-likeness (QED) is 0.775. The van der Waals surface area contributed by atoms with Gasteiger partial charge in [-0.3, -0.25) is 4.79 Å². The van der Waals surface area contributed by atoms with Crippen molar-refractivity contribution < 1.29 is 17.9 Å². The van der Waals surface area contributed by atoms with Gasteiger partial charge in [0.1, 0.15) is 10.6 Å². The zero-order chi connectivity index (χ0) is 19.6. The minimum atomic E-state index is -3.72. The highest BCUT2D eigenvalue weighted by molar-refractivity contribution is 7.89. The molecule has 0 aliphatic carbocycles. The average Bonchev–Trinajstić information content (AvgIpc) is 2.67. The van der Waals surface area contributed by atoms with E-state index in [0.717, 1.165) is 32.4 Å². The molecule has 0 spiro atoms. The molecular weight excluding hydrogens is 366 g/mol. The molecule has 150 valence electrons. The number of carbonyl (C=O) groups excluding carboxylic acids is 1. The van der Waals surface area contributed by atoms with E-state index in [2.05, 4.69) is 4.90 Å². The van der Waals surface area contributed by atoms with Gasteiger partial charge in [-0.05, 0) is 45.0 Å². The Morgan fingerprint density at radius 2 is 1.81 bits per heavy atom. The van der Waals surface area contributed by atoms with Crippen molar-refractivity contribution in [2.45, 2.75) is 37.1 Å². The Labute approximate surface area is 161 Å². The fourth-order valence-electron chi connectivity index (χ4n) is 3.76. The van der Waals surface area contributed by atoms with Crippen LogP contribution in [0.1, 0.15) is 36.5 Å². The SMILES string of the molecule is COc1ccc(C(=O)N2CCN(C)CC2)cc1S(=O)(=O)N1CCCCC1C. The van der Waals surface area contributed by atoms with Gasteiger partial charge < -0.3 is 14.5 Å². The fraction of sp³-hybridized carbons (Fsp3) is 0.632. The van der Waals surface area contributed by atoms with Gasteiger partial charge in [0, 0.05) is 44.3 Å². The van der Waals surface area contributed by atoms with Gasteiger partial charge in [-0.1, -0.05) is 6.42 Å². The normalized spacial score (nSPS) is 22.6. The number of hydrogen-bond donors (Lipinski definition) is 0. The van der Waals surface area contributed by atoms with E-state index in [1.807, 2.05) is 14.0 Å². The van der Waals surface area contributed by atoms with Gasteiger partial charge in [-0.15, -0.1) is 0 Å². The molecule has 2 fully saturated rings. The molecule has 1 amide bonds. The van der Waals surface area contributed by atoms with E-state index in [-0.39, 0.29) is 22.6 Å². The van der Waals surface area contributed by atoms with Gasteiger partial charge in [0.05, 0.1) is 7.11 Å². The third-order valence-electron chi connectivity index (χ3n) is 5.53. The van der Waals surface area contributed by atoms with Crippen molar-refractivity contribution in [2.24, 2.45) is 0 Å². The molecule has 0 aromatic heterocycles. The van der Waals surface area contributed by atoms with Gasteiger partial charge in [-0.2, -0.15) is 4.31 Å². The second-order valence-corrected chi connectivity index (χ2v) is 9.28. The van der Waals surface area contributed by atoms with Gasteiger partial charge in [-0.25, -0.2) is 8.42 Å². The number of likely N-dealkylation sites (N-methyl/N-ethyl adjacent to an activating group) is 1. The first kappa shape index (κ1) is 20.1. The molecule has 7 nitrogen and oxygen atoms in total. The zero-order valence-electron chi connectivity index (χ0n) is 16.3. The molecule has 1 atom stereocenters. The van der Waals surface area contributed by atoms with Crippen LogP contribution in [-0.4, -0.2) is 81.4 Å². The first-order valence-corrected chi connectivity index (χ1v) is 11.0. The molecule has 0 N–H and O–H groups in total. The van der Waals surface area contributed by atoms with Crippen molar-refractivity contribution in [1.82, 2.24) is 14.1 Å². The third kappa shape index (κ3) is 4.12. The number of sulfonamides is 1. The van der Waals surface area contributed by atoms with Gasteiger partial charge in [0.2, 0.25) is 10.0 Å². The summed E-state index contributed by atoms with van der Waals surface area (Å²) in [5.41, 5.74) is 0.392. The summed E-state index contributed by atoms with van der Waals surface area (Å²) in [6.45, 7) is 5.36. The highest BCUT2D eigenvalue weighted by Crippen LogP contribution is 2.32. The molecule has 8 heteroatoms. The van der Waals surface area contributed by atoms with E-state index in [1.165, 1.54) is 13.2 Å². The summed E-state index contributed by atoms with van der Waals surface area (Å²) in [7, 11) is -0.238. The molecule has 2 heterocycles. The standard InChI is InChI=1S/C19H29N3O4S/c1-15-6-4-5-9-22(15)27(24,25)18-14-16(7-8-17(18)26-3)19(23)21-12-10-20(2)11-13-21/h7-8,14-15H,4-6,9-13H2,1-3H3. The summed E-state index contributed by atoms with van der Waals surface area (Å²) >= 11 is 0. The lowest BCUT2D eigenvalue weighted by Crippen LogP contribution is -2.47. The summed E-state index contributed by atoms with van der Waals surface area (Å²) in [5.74, 6) is 0.150. The molecule has 1 aromatic rings. The summed E-state index contributed by atoms with van der Waals surface area (Å²) in [6.07, 6.45) is 2.74. The maximum atomic E-state index is 13.3. The Kier molecular flexibility index (Phi) is 6.08. The first-order valence-electron chi connectivity index (χ1n) is 9.52. The van der Waals surface area contributed by atoms with E-state index in [1.54, 1.807) is 21.3 Å². The highest BCUT2D eigenvalue weighted by Gasteiger charge is 2.34. The van der Waals surface area contributed by atoms with E-state index in [0.29, 0.717) is 25.2 Å². The van der Waals surface area contributed by atoms with Crippen LogP contribution in [0.4, 0.5) is 0 Å². The smallest absolute Gasteiger partial charge is 0.253 e. The van der Waals surface area contributed by atoms with Crippen LogP contribution in [0.25, 0.3) is 0 Å². The third-order valence-corrected chi connectivity index (χ3v) is 7.56. The van der Waals surface area contributed by atoms with E-state index in [4.69, 9.17) is 4.74 Å². The predicted octanol–water partition coefficient (Wildman–Crippen LogP) is 1.65. The topological polar surface area (TPSA) is 70.2 Å². The molecule has 27 heavy (non-hydrogen) atoms. The molecule has 0 bridgehead atoms. The second kappa shape index (κ2) is 8.16. The molecule has 2 saturated heterocycles. The van der Waals surface area contributed by atoms with Crippen LogP contribution in [0.2, 0.25) is 0 Å². The number of amides is 1. The Balaban J connectivity index is 1.93. The molecular formula is C19H29N3O4S. The number of methoxy groups -OCH3 is 1. The zero-order valence-corrected chi connectivity index (χ0v) is 17.2. The van der Waals surface area contributed by atoms with Crippen LogP contribution in [0.5, 0.6) is 5.75 Å². The van der Waals surface area contributed by atoms with Crippen molar-refractivity contribution in [3.63, 3.8) is 0 Å². The van der Waals surface area contributed by atoms with Crippen molar-refractivity contribution in [1.29, 1.82) is 0 Å². The maximum Gasteiger partial charge on any atom is 0.253 e. The number of piperazine rings is 1. The van der Waals surface area contributed by atoms with Crippen molar-refractivity contribution >= 4 is 15.9 Å². The Morgan fingerprint density at radius 1 is 1.11 bits per heavy atom. The van der Waals surface area contributed by atoms with Gasteiger partial charge in [0.25, 0.3) is 5.91 Å². The van der Waals surface area contributed by atoms with Crippen LogP contribution < -0.4 is 4.74 Å². The number of benzene rings is 1. The van der Waals surface area contributed by atoms with Crippen molar-refractivity contribution in [2.75, 3.05) is 46.9 Å². The van der Waals surface area contributed by atoms with E-state index in [9.17, 15) is 13.2 Å². The molecule has 2 aliphatic heterocycles. The molecule has 0 saturated carbocycles. The largest absolute Gasteiger partial charge is 0.495 e. The predicted molar refractivity (Wildman–Crippen MR) is 104 cm³/mol. The Morgan fingerprint density at radius 3 is 2.44 bits per heavy atom. The van der Waals surface area contributed by atoms with Crippen LogP contribution in [0.3, 0.4) is 0 Å². The Bertz CT molecular complexity index is 788. The summed E-state index contributed by atoms with van der Waals surface area (Å²) in [5, 5.41) is 0. The van der Waals surface area contributed by atoms with E-state index >= 15 is 0 Å². The number of piperidine rings is 1. The van der Waals surface area contributed by atoms with Crippen LogP contribution in [-0.2, 0) is 10.0 Å². The highest BCUT2D eigenvalue weighted by atomic mass is 32.2. The van der Waals surface area contributed by atoms with Gasteiger partial charge in [0.15, 0.2) is 0 Å². The number of hydrogen-bond acceptors (Lipinski definition) is 5. The van der Waals surface area contributed by atoms with E-state index < -0.39 is 10.0 Å². The minimum Gasteiger partial charge on any atom is -0.495 e. The fourth-order valence-corrected chi connectivity index (χ4v) is 5.64. The molecule has 1 aromatic carbocycles. The molecule has 1 unspecified atom stereocenters. The monoisotopic (exact) mass is 395 g/mol. The minimum absolute atomic E-state index is 0.0505. The second-order valence-electron chi connectivity index (χ2n) is 7.42. The maximum absolute atomic E-state index is 13.3.